The van der Waals surface area contributed by atoms with Crippen LogP contribution in [0.3, 0.4) is 0 Å². The van der Waals surface area contributed by atoms with Gasteiger partial charge in [-0.15, -0.1) is 0 Å². The van der Waals surface area contributed by atoms with E-state index in [0.29, 0.717) is 19.1 Å². The highest BCUT2D eigenvalue weighted by molar-refractivity contribution is 5.39. The van der Waals surface area contributed by atoms with E-state index in [1.807, 2.05) is 0 Å². The van der Waals surface area contributed by atoms with Crippen LogP contribution in [0, 0.1) is 11.3 Å². The van der Waals surface area contributed by atoms with Gasteiger partial charge in [0.1, 0.15) is 5.41 Å². The van der Waals surface area contributed by atoms with Crippen LogP contribution >= 0.6 is 0 Å². The zero-order valence-corrected chi connectivity index (χ0v) is 11.4. The second-order valence-electron chi connectivity index (χ2n) is 5.89. The Morgan fingerprint density at radius 1 is 1.32 bits per heavy atom. The Morgan fingerprint density at radius 2 is 2.05 bits per heavy atom. The van der Waals surface area contributed by atoms with E-state index in [2.05, 4.69) is 42.3 Å². The first kappa shape index (κ1) is 12.7. The summed E-state index contributed by atoms with van der Waals surface area (Å²) in [5.41, 5.74) is 2.14. The second kappa shape index (κ2) is 4.96. The minimum atomic E-state index is -0.387. The highest BCUT2D eigenvalue weighted by Crippen LogP contribution is 2.35. The molecular formula is C16H20N2O. The molecule has 0 spiro atoms. The lowest BCUT2D eigenvalue weighted by atomic mass is 9.78. The summed E-state index contributed by atoms with van der Waals surface area (Å²) in [6.07, 6.45) is 2.44. The van der Waals surface area contributed by atoms with E-state index in [1.54, 1.807) is 0 Å². The van der Waals surface area contributed by atoms with Gasteiger partial charge in [0.15, 0.2) is 0 Å². The van der Waals surface area contributed by atoms with Gasteiger partial charge in [0, 0.05) is 0 Å². The summed E-state index contributed by atoms with van der Waals surface area (Å²) in [4.78, 5) is 2.39. The molecule has 2 aliphatic rings. The number of ether oxygens (including phenoxy) is 1. The van der Waals surface area contributed by atoms with Gasteiger partial charge in [-0.1, -0.05) is 24.3 Å². The van der Waals surface area contributed by atoms with E-state index in [1.165, 1.54) is 31.5 Å². The van der Waals surface area contributed by atoms with Crippen LogP contribution in [-0.4, -0.2) is 38.3 Å². The van der Waals surface area contributed by atoms with Crippen molar-refractivity contribution in [1.29, 1.82) is 5.26 Å². The Labute approximate surface area is 114 Å². The molecule has 0 saturated carbocycles. The molecule has 1 aromatic carbocycles. The monoisotopic (exact) mass is 256 g/mol. The lowest BCUT2D eigenvalue weighted by Crippen LogP contribution is -2.45. The van der Waals surface area contributed by atoms with Crippen LogP contribution in [0.2, 0.25) is 0 Å². The molecule has 1 aromatic rings. The quantitative estimate of drug-likeness (QED) is 0.814. The van der Waals surface area contributed by atoms with Crippen LogP contribution in [-0.2, 0) is 10.2 Å². The molecule has 0 N–H and O–H groups in total. The molecule has 0 atom stereocenters. The molecule has 100 valence electrons. The first-order valence-corrected chi connectivity index (χ1v) is 7.01. The Morgan fingerprint density at radius 3 is 2.63 bits per heavy atom. The predicted molar refractivity (Wildman–Crippen MR) is 74.0 cm³/mol. The minimum Gasteiger partial charge on any atom is -0.377 e. The van der Waals surface area contributed by atoms with Gasteiger partial charge in [0.25, 0.3) is 0 Å². The number of nitrogens with zero attached hydrogens (tertiary/aromatic N) is 2. The van der Waals surface area contributed by atoms with Crippen molar-refractivity contribution in [3.05, 3.63) is 35.4 Å². The van der Waals surface area contributed by atoms with Crippen LogP contribution in [0.1, 0.15) is 29.9 Å². The van der Waals surface area contributed by atoms with E-state index in [4.69, 9.17) is 4.74 Å². The maximum absolute atomic E-state index is 9.39. The average molecular weight is 256 g/mol. The molecule has 2 heterocycles. The van der Waals surface area contributed by atoms with Crippen molar-refractivity contribution in [3.8, 4) is 6.07 Å². The average Bonchev–Trinajstić information content (AvgIpc) is 2.39. The maximum Gasteiger partial charge on any atom is 0.129 e. The fourth-order valence-electron chi connectivity index (χ4n) is 3.03. The molecule has 3 nitrogen and oxygen atoms in total. The van der Waals surface area contributed by atoms with E-state index in [9.17, 15) is 5.26 Å². The van der Waals surface area contributed by atoms with Crippen molar-refractivity contribution < 1.29 is 4.74 Å². The number of hydrogen-bond donors (Lipinski definition) is 0. The fraction of sp³-hybridized carbons (Fsp3) is 0.562. The van der Waals surface area contributed by atoms with Gasteiger partial charge in [-0.3, -0.25) is 0 Å². The van der Waals surface area contributed by atoms with E-state index in [0.717, 1.165) is 5.56 Å². The Balaban J connectivity index is 1.82. The van der Waals surface area contributed by atoms with Crippen molar-refractivity contribution in [3.63, 3.8) is 0 Å². The normalized spacial score (nSPS) is 23.6. The van der Waals surface area contributed by atoms with Gasteiger partial charge >= 0.3 is 0 Å². The van der Waals surface area contributed by atoms with Gasteiger partial charge in [0.05, 0.1) is 19.3 Å². The number of likely N-dealkylation sites (tertiary alicyclic amines) is 1. The highest BCUT2D eigenvalue weighted by Gasteiger charge is 2.41. The van der Waals surface area contributed by atoms with Crippen LogP contribution in [0.25, 0.3) is 0 Å². The van der Waals surface area contributed by atoms with E-state index in [-0.39, 0.29) is 5.41 Å². The molecule has 0 aromatic heterocycles. The zero-order valence-electron chi connectivity index (χ0n) is 11.4. The van der Waals surface area contributed by atoms with Gasteiger partial charge in [-0.25, -0.2) is 0 Å². The van der Waals surface area contributed by atoms with Crippen LogP contribution in [0.4, 0.5) is 0 Å². The molecule has 19 heavy (non-hydrogen) atoms. The SMILES string of the molecule is CN1CCC(c2cccc(C3(C#N)COC3)c2)CC1. The third kappa shape index (κ3) is 2.27. The largest absolute Gasteiger partial charge is 0.377 e. The fourth-order valence-corrected chi connectivity index (χ4v) is 3.03. The molecule has 3 heteroatoms. The van der Waals surface area contributed by atoms with Gasteiger partial charge in [-0.05, 0) is 50.0 Å². The number of nitriles is 1. The molecule has 3 rings (SSSR count). The summed E-state index contributed by atoms with van der Waals surface area (Å²) in [5.74, 6) is 0.646. The molecule has 2 saturated heterocycles. The lowest BCUT2D eigenvalue weighted by molar-refractivity contribution is -0.0298. The van der Waals surface area contributed by atoms with E-state index < -0.39 is 0 Å². The maximum atomic E-state index is 9.39. The molecule has 0 radical (unpaired) electrons. The molecule has 0 amide bonds. The van der Waals surface area contributed by atoms with Crippen molar-refractivity contribution in [2.45, 2.75) is 24.2 Å². The van der Waals surface area contributed by atoms with Crippen LogP contribution in [0.15, 0.2) is 24.3 Å². The molecule has 0 aliphatic carbocycles. The zero-order chi connectivity index (χ0) is 13.3. The minimum absolute atomic E-state index is 0.387. The number of benzene rings is 1. The van der Waals surface area contributed by atoms with Crippen molar-refractivity contribution in [1.82, 2.24) is 4.90 Å². The molecule has 0 bridgehead atoms. The first-order chi connectivity index (χ1) is 9.23. The lowest BCUT2D eigenvalue weighted by Gasteiger charge is -2.36. The van der Waals surface area contributed by atoms with E-state index >= 15 is 0 Å². The summed E-state index contributed by atoms with van der Waals surface area (Å²) >= 11 is 0. The Bertz CT molecular complexity index is 494. The first-order valence-electron chi connectivity index (χ1n) is 7.01. The Kier molecular flexibility index (Phi) is 3.30. The van der Waals surface area contributed by atoms with Crippen LogP contribution < -0.4 is 0 Å². The summed E-state index contributed by atoms with van der Waals surface area (Å²) < 4.78 is 5.25. The molecule has 2 fully saturated rings. The molecular weight excluding hydrogens is 236 g/mol. The summed E-state index contributed by atoms with van der Waals surface area (Å²) in [7, 11) is 2.18. The third-order valence-electron chi connectivity index (χ3n) is 4.54. The Hall–Kier alpha value is -1.37. The third-order valence-corrected chi connectivity index (χ3v) is 4.54. The van der Waals surface area contributed by atoms with Gasteiger partial charge < -0.3 is 9.64 Å². The number of hydrogen-bond acceptors (Lipinski definition) is 3. The number of rotatable bonds is 2. The second-order valence-corrected chi connectivity index (χ2v) is 5.89. The topological polar surface area (TPSA) is 36.3 Å². The van der Waals surface area contributed by atoms with Crippen molar-refractivity contribution >= 4 is 0 Å². The summed E-state index contributed by atoms with van der Waals surface area (Å²) in [6.45, 7) is 3.42. The smallest absolute Gasteiger partial charge is 0.129 e. The molecule has 0 unspecified atom stereocenters. The van der Waals surface area contributed by atoms with Crippen molar-refractivity contribution in [2.75, 3.05) is 33.4 Å². The van der Waals surface area contributed by atoms with Crippen LogP contribution in [0.5, 0.6) is 0 Å². The highest BCUT2D eigenvalue weighted by atomic mass is 16.5. The summed E-state index contributed by atoms with van der Waals surface area (Å²) in [6, 6.07) is 11.1. The standard InChI is InChI=1S/C16H20N2O/c1-18-7-5-13(6-8-18)14-3-2-4-15(9-14)16(10-17)11-19-12-16/h2-4,9,13H,5-8,11-12H2,1H3. The summed E-state index contributed by atoms with van der Waals surface area (Å²) in [5, 5.41) is 9.39. The van der Waals surface area contributed by atoms with Gasteiger partial charge in [0.2, 0.25) is 0 Å². The van der Waals surface area contributed by atoms with Gasteiger partial charge in [-0.2, -0.15) is 5.26 Å². The number of piperidine rings is 1. The molecule has 2 aliphatic heterocycles. The predicted octanol–water partition coefficient (Wildman–Crippen LogP) is 2.29. The van der Waals surface area contributed by atoms with Crippen molar-refractivity contribution in [2.24, 2.45) is 0 Å².